The highest BCUT2D eigenvalue weighted by atomic mass is 35.5. The molecule has 122 valence electrons. The molecule has 0 unspecified atom stereocenters. The van der Waals surface area contributed by atoms with E-state index in [9.17, 15) is 18.7 Å². The summed E-state index contributed by atoms with van der Waals surface area (Å²) in [5.74, 6) is -0.853. The van der Waals surface area contributed by atoms with Crippen LogP contribution in [-0.4, -0.2) is 17.6 Å². The number of halogens is 3. The smallest absolute Gasteiger partial charge is 0.387 e. The molecule has 0 radical (unpaired) electrons. The van der Waals surface area contributed by atoms with Crippen LogP contribution in [0.25, 0.3) is 0 Å². The maximum atomic E-state index is 12.4. The van der Waals surface area contributed by atoms with E-state index in [-0.39, 0.29) is 29.5 Å². The summed E-state index contributed by atoms with van der Waals surface area (Å²) in [6, 6.07) is 10.8. The molecule has 2 aromatic carbocycles. The number of rotatable bonds is 6. The van der Waals surface area contributed by atoms with Crippen LogP contribution < -0.4 is 10.1 Å². The van der Waals surface area contributed by atoms with Gasteiger partial charge in [-0.25, -0.2) is 0 Å². The molecule has 0 heterocycles. The fraction of sp³-hybridized carbons (Fsp3) is 0.188. The van der Waals surface area contributed by atoms with Crippen LogP contribution in [0.5, 0.6) is 5.75 Å². The minimum Gasteiger partial charge on any atom is -0.434 e. The van der Waals surface area contributed by atoms with Crippen molar-refractivity contribution in [1.82, 2.24) is 5.32 Å². The Labute approximate surface area is 136 Å². The fourth-order valence-corrected chi connectivity index (χ4v) is 2.21. The van der Waals surface area contributed by atoms with Crippen LogP contribution in [0.1, 0.15) is 21.5 Å². The van der Waals surface area contributed by atoms with Crippen LogP contribution in [0.15, 0.2) is 42.5 Å². The highest BCUT2D eigenvalue weighted by molar-refractivity contribution is 6.31. The number of ether oxygens (including phenoxy) is 1. The van der Waals surface area contributed by atoms with Crippen molar-refractivity contribution in [3.8, 4) is 5.75 Å². The predicted molar refractivity (Wildman–Crippen MR) is 81.6 cm³/mol. The Morgan fingerprint density at radius 3 is 2.57 bits per heavy atom. The first-order chi connectivity index (χ1) is 11.0. The van der Waals surface area contributed by atoms with E-state index in [1.165, 1.54) is 18.2 Å². The maximum Gasteiger partial charge on any atom is 0.387 e. The van der Waals surface area contributed by atoms with Gasteiger partial charge in [0, 0.05) is 11.6 Å². The number of amides is 1. The molecule has 23 heavy (non-hydrogen) atoms. The van der Waals surface area contributed by atoms with Gasteiger partial charge in [0.05, 0.1) is 12.2 Å². The van der Waals surface area contributed by atoms with E-state index in [2.05, 4.69) is 10.1 Å². The van der Waals surface area contributed by atoms with Crippen LogP contribution in [0.3, 0.4) is 0 Å². The number of aliphatic hydroxyl groups excluding tert-OH is 1. The SMILES string of the molecule is O=C(NCc1ccccc1CO)c1cc(Cl)ccc1OC(F)F. The molecule has 7 heteroatoms. The van der Waals surface area contributed by atoms with Crippen molar-refractivity contribution in [1.29, 1.82) is 0 Å². The molecule has 2 rings (SSSR count). The quantitative estimate of drug-likeness (QED) is 0.847. The summed E-state index contributed by atoms with van der Waals surface area (Å²) in [4.78, 5) is 12.2. The van der Waals surface area contributed by atoms with Crippen molar-refractivity contribution in [2.45, 2.75) is 19.8 Å². The lowest BCUT2D eigenvalue weighted by molar-refractivity contribution is -0.0501. The van der Waals surface area contributed by atoms with Gasteiger partial charge >= 0.3 is 6.61 Å². The van der Waals surface area contributed by atoms with Crippen LogP contribution >= 0.6 is 11.6 Å². The van der Waals surface area contributed by atoms with E-state index >= 15 is 0 Å². The second-order valence-electron chi connectivity index (χ2n) is 4.63. The summed E-state index contributed by atoms with van der Waals surface area (Å²) in [6.07, 6.45) is 0. The van der Waals surface area contributed by atoms with Gasteiger partial charge in [-0.2, -0.15) is 8.78 Å². The van der Waals surface area contributed by atoms with Gasteiger partial charge in [-0.15, -0.1) is 0 Å². The van der Waals surface area contributed by atoms with Crippen LogP contribution in [0.4, 0.5) is 8.78 Å². The number of hydrogen-bond donors (Lipinski definition) is 2. The molecule has 4 nitrogen and oxygen atoms in total. The first-order valence-electron chi connectivity index (χ1n) is 6.71. The molecule has 0 fully saturated rings. The van der Waals surface area contributed by atoms with Gasteiger partial charge in [0.25, 0.3) is 5.91 Å². The molecule has 1 amide bonds. The third-order valence-electron chi connectivity index (χ3n) is 3.13. The van der Waals surface area contributed by atoms with Gasteiger partial charge in [-0.3, -0.25) is 4.79 Å². The van der Waals surface area contributed by atoms with Crippen molar-refractivity contribution in [2.24, 2.45) is 0 Å². The molecule has 0 spiro atoms. The molecule has 0 aromatic heterocycles. The molecule has 0 atom stereocenters. The van der Waals surface area contributed by atoms with Crippen molar-refractivity contribution in [2.75, 3.05) is 0 Å². The van der Waals surface area contributed by atoms with Gasteiger partial charge in [0.1, 0.15) is 5.75 Å². The van der Waals surface area contributed by atoms with E-state index < -0.39 is 12.5 Å². The second-order valence-corrected chi connectivity index (χ2v) is 5.06. The first-order valence-corrected chi connectivity index (χ1v) is 7.09. The monoisotopic (exact) mass is 341 g/mol. The zero-order chi connectivity index (χ0) is 16.8. The maximum absolute atomic E-state index is 12.4. The van der Waals surface area contributed by atoms with Crippen LogP contribution in [-0.2, 0) is 13.2 Å². The summed E-state index contributed by atoms with van der Waals surface area (Å²) in [5, 5.41) is 12.1. The second kappa shape index (κ2) is 7.89. The summed E-state index contributed by atoms with van der Waals surface area (Å²) < 4.78 is 29.1. The molecular weight excluding hydrogens is 328 g/mol. The number of aliphatic hydroxyl groups is 1. The van der Waals surface area contributed by atoms with Gasteiger partial charge in [-0.1, -0.05) is 35.9 Å². The molecule has 0 saturated carbocycles. The normalized spacial score (nSPS) is 10.7. The molecule has 0 saturated heterocycles. The first kappa shape index (κ1) is 17.2. The van der Waals surface area contributed by atoms with Crippen molar-refractivity contribution in [3.63, 3.8) is 0 Å². The number of nitrogens with one attached hydrogen (secondary N) is 1. The van der Waals surface area contributed by atoms with Gasteiger partial charge < -0.3 is 15.2 Å². The Balaban J connectivity index is 2.15. The molecule has 0 aliphatic rings. The molecular formula is C16H14ClF2NO3. The number of benzene rings is 2. The summed E-state index contributed by atoms with van der Waals surface area (Å²) >= 11 is 5.81. The lowest BCUT2D eigenvalue weighted by Crippen LogP contribution is -2.24. The van der Waals surface area contributed by atoms with Gasteiger partial charge in [0.15, 0.2) is 0 Å². The zero-order valence-electron chi connectivity index (χ0n) is 11.9. The van der Waals surface area contributed by atoms with E-state index in [0.717, 1.165) is 5.56 Å². The standard InChI is InChI=1S/C16H14ClF2NO3/c17-12-5-6-14(23-16(18)19)13(7-12)15(22)20-8-10-3-1-2-4-11(10)9-21/h1-7,16,21H,8-9H2,(H,20,22). The van der Waals surface area contributed by atoms with Gasteiger partial charge in [-0.05, 0) is 29.3 Å². The molecule has 2 N–H and O–H groups in total. The third-order valence-corrected chi connectivity index (χ3v) is 3.37. The topological polar surface area (TPSA) is 58.6 Å². The van der Waals surface area contributed by atoms with Crippen molar-refractivity contribution >= 4 is 17.5 Å². The lowest BCUT2D eigenvalue weighted by atomic mass is 10.1. The number of carbonyl (C=O) groups excluding carboxylic acids is 1. The summed E-state index contributed by atoms with van der Waals surface area (Å²) in [5.41, 5.74) is 1.31. The summed E-state index contributed by atoms with van der Waals surface area (Å²) in [7, 11) is 0. The van der Waals surface area contributed by atoms with Crippen LogP contribution in [0, 0.1) is 0 Å². The highest BCUT2D eigenvalue weighted by Crippen LogP contribution is 2.24. The minimum absolute atomic E-state index is 0.0840. The Bertz CT molecular complexity index is 695. The van der Waals surface area contributed by atoms with E-state index in [1.54, 1.807) is 24.3 Å². The van der Waals surface area contributed by atoms with Crippen molar-refractivity contribution in [3.05, 3.63) is 64.2 Å². The molecule has 2 aromatic rings. The van der Waals surface area contributed by atoms with E-state index in [4.69, 9.17) is 11.6 Å². The number of alkyl halides is 2. The average Bonchev–Trinajstić information content (AvgIpc) is 2.54. The van der Waals surface area contributed by atoms with Crippen molar-refractivity contribution < 1.29 is 23.4 Å². The average molecular weight is 342 g/mol. The summed E-state index contributed by atoms with van der Waals surface area (Å²) in [6.45, 7) is -3.07. The highest BCUT2D eigenvalue weighted by Gasteiger charge is 2.16. The predicted octanol–water partition coefficient (Wildman–Crippen LogP) is 3.36. The Kier molecular flexibility index (Phi) is 5.90. The largest absolute Gasteiger partial charge is 0.434 e. The lowest BCUT2D eigenvalue weighted by Gasteiger charge is -2.12. The fourth-order valence-electron chi connectivity index (χ4n) is 2.03. The number of hydrogen-bond acceptors (Lipinski definition) is 3. The Morgan fingerprint density at radius 2 is 1.91 bits per heavy atom. The van der Waals surface area contributed by atoms with Gasteiger partial charge in [0.2, 0.25) is 0 Å². The number of carbonyl (C=O) groups is 1. The molecule has 0 bridgehead atoms. The minimum atomic E-state index is -3.04. The zero-order valence-corrected chi connectivity index (χ0v) is 12.7. The third kappa shape index (κ3) is 4.64. The Morgan fingerprint density at radius 1 is 1.22 bits per heavy atom. The molecule has 0 aliphatic carbocycles. The van der Waals surface area contributed by atoms with Crippen LogP contribution in [0.2, 0.25) is 5.02 Å². The molecule has 0 aliphatic heterocycles. The Hall–Kier alpha value is -2.18. The van der Waals surface area contributed by atoms with E-state index in [1.807, 2.05) is 0 Å². The van der Waals surface area contributed by atoms with E-state index in [0.29, 0.717) is 5.56 Å².